The maximum Gasteiger partial charge on any atom is 0.213 e. The fraction of sp³-hybridized carbons (Fsp3) is 0. The number of benzene rings is 1. The van der Waals surface area contributed by atoms with Gasteiger partial charge in [0.05, 0.1) is 5.52 Å². The van der Waals surface area contributed by atoms with Gasteiger partial charge in [-0.2, -0.15) is 4.39 Å². The highest BCUT2D eigenvalue weighted by molar-refractivity contribution is 5.78. The van der Waals surface area contributed by atoms with E-state index in [2.05, 4.69) is 4.98 Å². The number of rotatable bonds is 0. The number of hydrogen-bond donors (Lipinski definition) is 0. The molecule has 0 radical (unpaired) electrons. The quantitative estimate of drug-likeness (QED) is 0.546. The summed E-state index contributed by atoms with van der Waals surface area (Å²) in [5.41, 5.74) is 0.343. The maximum absolute atomic E-state index is 13.0. The van der Waals surface area contributed by atoms with Crippen LogP contribution in [0, 0.1) is 11.8 Å². The van der Waals surface area contributed by atoms with Crippen LogP contribution in [-0.2, 0) is 0 Å². The van der Waals surface area contributed by atoms with Gasteiger partial charge in [0.15, 0.2) is 0 Å². The van der Waals surface area contributed by atoms with Crippen molar-refractivity contribution in [1.82, 2.24) is 4.98 Å². The number of hydrogen-bond acceptors (Lipinski definition) is 1. The summed E-state index contributed by atoms with van der Waals surface area (Å²) in [6, 6.07) is 6.92. The van der Waals surface area contributed by atoms with E-state index >= 15 is 0 Å². The second kappa shape index (κ2) is 2.52. The van der Waals surface area contributed by atoms with Crippen LogP contribution < -0.4 is 0 Å². The topological polar surface area (TPSA) is 12.9 Å². The van der Waals surface area contributed by atoms with Gasteiger partial charge in [0.2, 0.25) is 5.95 Å². The molecule has 0 saturated heterocycles. The Balaban J connectivity index is 2.86. The van der Waals surface area contributed by atoms with E-state index in [0.29, 0.717) is 10.9 Å². The first-order valence-corrected chi connectivity index (χ1v) is 3.48. The summed E-state index contributed by atoms with van der Waals surface area (Å²) < 4.78 is 25.5. The third kappa shape index (κ3) is 1.03. The Morgan fingerprint density at radius 1 is 1.00 bits per heavy atom. The van der Waals surface area contributed by atoms with Crippen molar-refractivity contribution in [2.45, 2.75) is 0 Å². The minimum atomic E-state index is -0.590. The van der Waals surface area contributed by atoms with Gasteiger partial charge in [-0.25, -0.2) is 9.37 Å². The van der Waals surface area contributed by atoms with Gasteiger partial charge in [0.1, 0.15) is 5.82 Å². The van der Waals surface area contributed by atoms with E-state index in [1.165, 1.54) is 18.2 Å². The van der Waals surface area contributed by atoms with Gasteiger partial charge in [-0.1, -0.05) is 6.07 Å². The smallest absolute Gasteiger partial charge is 0.213 e. The van der Waals surface area contributed by atoms with Crippen molar-refractivity contribution in [3.05, 3.63) is 42.1 Å². The number of fused-ring (bicyclic) bond motifs is 1. The van der Waals surface area contributed by atoms with E-state index < -0.39 is 5.95 Å². The molecule has 2 aromatic rings. The minimum Gasteiger partial charge on any atom is -0.220 e. The molecule has 0 aliphatic heterocycles. The summed E-state index contributed by atoms with van der Waals surface area (Å²) in [6.07, 6.45) is 0. The van der Waals surface area contributed by atoms with Crippen LogP contribution in [-0.4, -0.2) is 4.98 Å². The Kier molecular flexibility index (Phi) is 1.50. The van der Waals surface area contributed by atoms with Crippen molar-refractivity contribution >= 4 is 10.9 Å². The summed E-state index contributed by atoms with van der Waals surface area (Å²) in [5, 5.41) is 0.346. The number of nitrogens with zero attached hydrogens (tertiary/aromatic N) is 1. The monoisotopic (exact) mass is 165 g/mol. The van der Waals surface area contributed by atoms with Gasteiger partial charge >= 0.3 is 0 Å². The number of halogens is 2. The Bertz CT molecular complexity index is 426. The van der Waals surface area contributed by atoms with Gasteiger partial charge < -0.3 is 0 Å². The lowest BCUT2D eigenvalue weighted by Gasteiger charge is -1.96. The van der Waals surface area contributed by atoms with Crippen LogP contribution in [0.5, 0.6) is 0 Å². The largest absolute Gasteiger partial charge is 0.220 e. The second-order valence-corrected chi connectivity index (χ2v) is 2.44. The van der Waals surface area contributed by atoms with Crippen LogP contribution in [0.25, 0.3) is 10.9 Å². The first kappa shape index (κ1) is 7.16. The zero-order chi connectivity index (χ0) is 8.55. The highest BCUT2D eigenvalue weighted by Gasteiger charge is 2.00. The third-order valence-electron chi connectivity index (χ3n) is 1.64. The SMILES string of the molecule is Fc1ccc2c(F)cccc2n1. The van der Waals surface area contributed by atoms with E-state index in [1.54, 1.807) is 6.07 Å². The van der Waals surface area contributed by atoms with Crippen molar-refractivity contribution in [2.75, 3.05) is 0 Å². The van der Waals surface area contributed by atoms with Crippen LogP contribution >= 0.6 is 0 Å². The molecule has 0 unspecified atom stereocenters. The van der Waals surface area contributed by atoms with Gasteiger partial charge in [-0.15, -0.1) is 0 Å². The number of aromatic nitrogens is 1. The van der Waals surface area contributed by atoms with Gasteiger partial charge in [0, 0.05) is 5.39 Å². The zero-order valence-corrected chi connectivity index (χ0v) is 6.09. The molecule has 1 heterocycles. The van der Waals surface area contributed by atoms with E-state index in [-0.39, 0.29) is 5.82 Å². The zero-order valence-electron chi connectivity index (χ0n) is 6.09. The molecule has 12 heavy (non-hydrogen) atoms. The molecule has 0 amide bonds. The molecule has 2 rings (SSSR count). The third-order valence-corrected chi connectivity index (χ3v) is 1.64. The van der Waals surface area contributed by atoms with Gasteiger partial charge in [0.25, 0.3) is 0 Å². The number of pyridine rings is 1. The fourth-order valence-electron chi connectivity index (χ4n) is 1.09. The lowest BCUT2D eigenvalue weighted by Crippen LogP contribution is -1.85. The molecule has 0 aliphatic rings. The normalized spacial score (nSPS) is 10.5. The van der Waals surface area contributed by atoms with Crippen molar-refractivity contribution in [3.8, 4) is 0 Å². The van der Waals surface area contributed by atoms with Crippen molar-refractivity contribution in [1.29, 1.82) is 0 Å². The minimum absolute atomic E-state index is 0.343. The first-order chi connectivity index (χ1) is 5.77. The summed E-state index contributed by atoms with van der Waals surface area (Å²) in [4.78, 5) is 3.53. The molecule has 0 atom stereocenters. The predicted octanol–water partition coefficient (Wildman–Crippen LogP) is 2.51. The lowest BCUT2D eigenvalue weighted by atomic mass is 10.2. The van der Waals surface area contributed by atoms with Crippen LogP contribution in [0.15, 0.2) is 30.3 Å². The molecular weight excluding hydrogens is 160 g/mol. The summed E-state index contributed by atoms with van der Waals surface area (Å²) in [7, 11) is 0. The van der Waals surface area contributed by atoms with Crippen molar-refractivity contribution in [3.63, 3.8) is 0 Å². The molecule has 3 heteroatoms. The van der Waals surface area contributed by atoms with E-state index in [9.17, 15) is 8.78 Å². The average molecular weight is 165 g/mol. The molecule has 0 spiro atoms. The van der Waals surface area contributed by atoms with Crippen LogP contribution in [0.4, 0.5) is 8.78 Å². The van der Waals surface area contributed by atoms with Crippen LogP contribution in [0.2, 0.25) is 0 Å². The molecule has 0 saturated carbocycles. The molecule has 1 nitrogen and oxygen atoms in total. The fourth-order valence-corrected chi connectivity index (χ4v) is 1.09. The highest BCUT2D eigenvalue weighted by Crippen LogP contribution is 2.15. The molecule has 1 aromatic heterocycles. The molecule has 0 aliphatic carbocycles. The Labute approximate surface area is 67.7 Å². The van der Waals surface area contributed by atoms with Crippen molar-refractivity contribution in [2.24, 2.45) is 0 Å². The molecular formula is C9H5F2N. The second-order valence-electron chi connectivity index (χ2n) is 2.44. The van der Waals surface area contributed by atoms with Crippen LogP contribution in [0.3, 0.4) is 0 Å². The van der Waals surface area contributed by atoms with E-state index in [4.69, 9.17) is 0 Å². The van der Waals surface area contributed by atoms with Crippen LogP contribution in [0.1, 0.15) is 0 Å². The predicted molar refractivity (Wildman–Crippen MR) is 41.7 cm³/mol. The van der Waals surface area contributed by atoms with E-state index in [0.717, 1.165) is 6.07 Å². The Morgan fingerprint density at radius 2 is 1.83 bits per heavy atom. The average Bonchev–Trinajstić information content (AvgIpc) is 2.04. The molecule has 0 bridgehead atoms. The molecule has 60 valence electrons. The van der Waals surface area contributed by atoms with E-state index in [1.807, 2.05) is 0 Å². The summed E-state index contributed by atoms with van der Waals surface area (Å²) in [5.74, 6) is -0.965. The van der Waals surface area contributed by atoms with Gasteiger partial charge in [-0.05, 0) is 24.3 Å². The molecule has 1 aromatic carbocycles. The van der Waals surface area contributed by atoms with Crippen molar-refractivity contribution < 1.29 is 8.78 Å². The lowest BCUT2D eigenvalue weighted by molar-refractivity contribution is 0.587. The molecule has 0 N–H and O–H groups in total. The highest BCUT2D eigenvalue weighted by atomic mass is 19.1. The van der Waals surface area contributed by atoms with Gasteiger partial charge in [-0.3, -0.25) is 0 Å². The Hall–Kier alpha value is -1.51. The summed E-state index contributed by atoms with van der Waals surface area (Å²) >= 11 is 0. The Morgan fingerprint density at radius 3 is 2.67 bits per heavy atom. The first-order valence-electron chi connectivity index (χ1n) is 3.48. The standard InChI is InChI=1S/C9H5F2N/c10-7-2-1-3-8-6(7)4-5-9(11)12-8/h1-5H. The molecule has 0 fully saturated rings. The summed E-state index contributed by atoms with van der Waals surface area (Å²) in [6.45, 7) is 0. The maximum atomic E-state index is 13.0.